The number of alkyl halides is 1. The van der Waals surface area contributed by atoms with E-state index in [-0.39, 0.29) is 12.0 Å². The van der Waals surface area contributed by atoms with Gasteiger partial charge in [0.05, 0.1) is 23.3 Å². The maximum Gasteiger partial charge on any atom is 0.197 e. The molecular weight excluding hydrogens is 385 g/mol. The number of thioether (sulfide) groups is 1. The van der Waals surface area contributed by atoms with E-state index in [0.717, 1.165) is 27.9 Å². The van der Waals surface area contributed by atoms with Crippen molar-refractivity contribution < 1.29 is 9.13 Å². The number of ether oxygens (including phenoxy) is 1. The largest absolute Gasteiger partial charge is 0.378 e. The highest BCUT2D eigenvalue weighted by atomic mass is 32.2. The average molecular weight is 410 g/mol. The minimum atomic E-state index is -1.61. The summed E-state index contributed by atoms with van der Waals surface area (Å²) in [6.45, 7) is 2.57. The quantitative estimate of drug-likeness (QED) is 0.643. The van der Waals surface area contributed by atoms with Gasteiger partial charge in [-0.1, -0.05) is 36.0 Å². The Morgan fingerprint density at radius 1 is 1.24 bits per heavy atom. The summed E-state index contributed by atoms with van der Waals surface area (Å²) in [5.41, 5.74) is 1.55. The van der Waals surface area contributed by atoms with Crippen LogP contribution in [0.4, 0.5) is 4.39 Å². The summed E-state index contributed by atoms with van der Waals surface area (Å²) in [6.07, 6.45) is 10.1. The number of halogens is 1. The van der Waals surface area contributed by atoms with E-state index < -0.39 is 10.4 Å². The number of aryl methyl sites for hydroxylation is 1. The summed E-state index contributed by atoms with van der Waals surface area (Å²) < 4.78 is 22.8. The topological polar surface area (TPSA) is 50.8 Å². The molecule has 4 nitrogen and oxygen atoms in total. The molecule has 2 heterocycles. The normalized spacial score (nSPS) is 31.5. The number of nitrogens with zero attached hydrogens (tertiary/aromatic N) is 3. The number of hydrogen-bond donors (Lipinski definition) is 0. The lowest BCUT2D eigenvalue weighted by atomic mass is 9.68. The second-order valence-corrected chi connectivity index (χ2v) is 9.11. The Morgan fingerprint density at radius 2 is 1.97 bits per heavy atom. The van der Waals surface area contributed by atoms with Crippen molar-refractivity contribution in [3.05, 3.63) is 60.8 Å². The molecule has 0 bridgehead atoms. The van der Waals surface area contributed by atoms with Crippen molar-refractivity contribution in [2.75, 3.05) is 6.61 Å². The molecule has 1 fully saturated rings. The van der Waals surface area contributed by atoms with Gasteiger partial charge in [0.25, 0.3) is 0 Å². The van der Waals surface area contributed by atoms with Gasteiger partial charge < -0.3 is 4.74 Å². The SMILES string of the molecule is C[C@H]1C[C@@](C#N)(C2C=CC(F)(Sc3ccc(-c4ccnn4C)cc3)C=C2)CCO1. The van der Waals surface area contributed by atoms with Crippen LogP contribution in [0.2, 0.25) is 0 Å². The Bertz CT molecular complexity index is 961. The molecule has 0 radical (unpaired) electrons. The van der Waals surface area contributed by atoms with Gasteiger partial charge in [-0.2, -0.15) is 10.4 Å². The lowest BCUT2D eigenvalue weighted by Crippen LogP contribution is -2.38. The van der Waals surface area contributed by atoms with Crippen LogP contribution in [0.15, 0.2) is 65.7 Å². The van der Waals surface area contributed by atoms with Crippen LogP contribution in [0, 0.1) is 22.7 Å². The highest BCUT2D eigenvalue weighted by Crippen LogP contribution is 2.46. The van der Waals surface area contributed by atoms with Crippen molar-refractivity contribution in [2.45, 2.75) is 35.8 Å². The lowest BCUT2D eigenvalue weighted by molar-refractivity contribution is -0.0269. The maximum absolute atomic E-state index is 15.4. The van der Waals surface area contributed by atoms with Crippen molar-refractivity contribution in [2.24, 2.45) is 18.4 Å². The Labute approximate surface area is 175 Å². The predicted molar refractivity (Wildman–Crippen MR) is 113 cm³/mol. The van der Waals surface area contributed by atoms with Crippen LogP contribution in [-0.2, 0) is 11.8 Å². The molecule has 0 amide bonds. The number of nitriles is 1. The third-order valence-corrected chi connectivity index (χ3v) is 6.86. The molecule has 2 aromatic rings. The Morgan fingerprint density at radius 3 is 2.55 bits per heavy atom. The monoisotopic (exact) mass is 409 g/mol. The molecule has 1 saturated heterocycles. The minimum absolute atomic E-state index is 0.0505. The first kappa shape index (κ1) is 19.9. The van der Waals surface area contributed by atoms with Crippen molar-refractivity contribution in [3.63, 3.8) is 0 Å². The molecule has 6 heteroatoms. The highest BCUT2D eigenvalue weighted by Gasteiger charge is 2.43. The molecule has 1 aliphatic carbocycles. The van der Waals surface area contributed by atoms with Gasteiger partial charge in [0.15, 0.2) is 5.00 Å². The van der Waals surface area contributed by atoms with Crippen molar-refractivity contribution >= 4 is 11.8 Å². The third kappa shape index (κ3) is 4.03. The molecule has 29 heavy (non-hydrogen) atoms. The van der Waals surface area contributed by atoms with Crippen LogP contribution in [0.5, 0.6) is 0 Å². The molecule has 1 aromatic carbocycles. The zero-order chi connectivity index (χ0) is 20.5. The van der Waals surface area contributed by atoms with Crippen LogP contribution in [-0.4, -0.2) is 27.5 Å². The van der Waals surface area contributed by atoms with E-state index >= 15 is 4.39 Å². The van der Waals surface area contributed by atoms with Gasteiger partial charge >= 0.3 is 0 Å². The summed E-state index contributed by atoms with van der Waals surface area (Å²) in [5.74, 6) is -0.0875. The standard InChI is InChI=1S/C23H24FN3OS/c1-17-15-22(16-25,12-14-28-17)19-7-10-23(24,11-8-19)29-20-5-3-18(4-6-20)21-9-13-26-27(21)2/h3-11,13,17,19H,12,14-15H2,1-2H3/t17-,19?,22-,23?/m0/s1. The van der Waals surface area contributed by atoms with Gasteiger partial charge in [-0.25, -0.2) is 4.39 Å². The van der Waals surface area contributed by atoms with Crippen LogP contribution in [0.1, 0.15) is 19.8 Å². The molecule has 1 aromatic heterocycles. The smallest absolute Gasteiger partial charge is 0.197 e. The van der Waals surface area contributed by atoms with Gasteiger partial charge in [-0.15, -0.1) is 0 Å². The summed E-state index contributed by atoms with van der Waals surface area (Å²) in [4.78, 5) is 0.848. The molecule has 2 aliphatic rings. The molecule has 2 atom stereocenters. The van der Waals surface area contributed by atoms with E-state index in [0.29, 0.717) is 19.4 Å². The molecule has 150 valence electrons. The molecule has 1 aliphatic heterocycles. The summed E-state index contributed by atoms with van der Waals surface area (Å²) in [7, 11) is 1.90. The van der Waals surface area contributed by atoms with E-state index in [1.54, 1.807) is 18.3 Å². The summed E-state index contributed by atoms with van der Waals surface area (Å²) in [5, 5.41) is 12.4. The molecule has 0 saturated carbocycles. The highest BCUT2D eigenvalue weighted by molar-refractivity contribution is 8.00. The van der Waals surface area contributed by atoms with E-state index in [2.05, 4.69) is 11.2 Å². The number of benzene rings is 1. The van der Waals surface area contributed by atoms with Crippen LogP contribution in [0.25, 0.3) is 11.3 Å². The minimum Gasteiger partial charge on any atom is -0.378 e. The summed E-state index contributed by atoms with van der Waals surface area (Å²) in [6, 6.07) is 12.3. The summed E-state index contributed by atoms with van der Waals surface area (Å²) >= 11 is 1.16. The number of rotatable bonds is 4. The zero-order valence-corrected chi connectivity index (χ0v) is 17.4. The fourth-order valence-electron chi connectivity index (χ4n) is 4.15. The fraction of sp³-hybridized carbons (Fsp3) is 0.391. The number of allylic oxidation sites excluding steroid dienone is 2. The van der Waals surface area contributed by atoms with E-state index in [1.165, 1.54) is 0 Å². The second kappa shape index (κ2) is 7.81. The number of aromatic nitrogens is 2. The van der Waals surface area contributed by atoms with Crippen molar-refractivity contribution in [1.82, 2.24) is 9.78 Å². The first-order valence-electron chi connectivity index (χ1n) is 9.81. The second-order valence-electron chi connectivity index (χ2n) is 7.81. The molecule has 0 unspecified atom stereocenters. The van der Waals surface area contributed by atoms with Gasteiger partial charge in [0.2, 0.25) is 0 Å². The van der Waals surface area contributed by atoms with Crippen LogP contribution >= 0.6 is 11.8 Å². The van der Waals surface area contributed by atoms with Crippen molar-refractivity contribution in [3.8, 4) is 17.3 Å². The van der Waals surface area contributed by atoms with Gasteiger partial charge in [0, 0.05) is 30.7 Å². The van der Waals surface area contributed by atoms with E-state index in [9.17, 15) is 5.26 Å². The van der Waals surface area contributed by atoms with Gasteiger partial charge in [-0.3, -0.25) is 4.68 Å². The molecular formula is C23H24FN3OS. The van der Waals surface area contributed by atoms with E-state index in [4.69, 9.17) is 4.74 Å². The maximum atomic E-state index is 15.4. The first-order valence-corrected chi connectivity index (χ1v) is 10.6. The lowest BCUT2D eigenvalue weighted by Gasteiger charge is -2.39. The zero-order valence-electron chi connectivity index (χ0n) is 16.6. The Hall–Kier alpha value is -2.36. The van der Waals surface area contributed by atoms with Gasteiger partial charge in [-0.05, 0) is 55.7 Å². The van der Waals surface area contributed by atoms with Crippen LogP contribution in [0.3, 0.4) is 0 Å². The fourth-order valence-corrected chi connectivity index (χ4v) is 5.08. The van der Waals surface area contributed by atoms with Crippen LogP contribution < -0.4 is 0 Å². The average Bonchev–Trinajstić information content (AvgIpc) is 3.14. The Kier molecular flexibility index (Phi) is 5.37. The first-order chi connectivity index (χ1) is 13.9. The third-order valence-electron chi connectivity index (χ3n) is 5.77. The molecule has 0 spiro atoms. The molecule has 4 rings (SSSR count). The predicted octanol–water partition coefficient (Wildman–Crippen LogP) is 5.30. The van der Waals surface area contributed by atoms with Gasteiger partial charge in [0.1, 0.15) is 0 Å². The number of hydrogen-bond acceptors (Lipinski definition) is 4. The van der Waals surface area contributed by atoms with E-state index in [1.807, 2.05) is 61.1 Å². The van der Waals surface area contributed by atoms with Crippen molar-refractivity contribution in [1.29, 1.82) is 5.26 Å². The Balaban J connectivity index is 1.47. The molecule has 0 N–H and O–H groups in total.